The van der Waals surface area contributed by atoms with Gasteiger partial charge >= 0.3 is 6.09 Å². The number of ether oxygens (including phenoxy) is 1. The first-order valence-corrected chi connectivity index (χ1v) is 5.93. The molecule has 0 aliphatic carbocycles. The predicted octanol–water partition coefficient (Wildman–Crippen LogP) is 2.90. The molecule has 0 aliphatic rings. The molecular formula is C13H18F2N2O2. The topological polar surface area (TPSA) is 50.4 Å². The van der Waals surface area contributed by atoms with Crippen molar-refractivity contribution in [3.05, 3.63) is 29.8 Å². The van der Waals surface area contributed by atoms with Crippen LogP contribution in [0.15, 0.2) is 18.2 Å². The predicted molar refractivity (Wildman–Crippen MR) is 69.1 cm³/mol. The summed E-state index contributed by atoms with van der Waals surface area (Å²) in [6.07, 6.45) is -0.528. The zero-order valence-electron chi connectivity index (χ0n) is 11.2. The van der Waals surface area contributed by atoms with E-state index in [1.165, 1.54) is 12.1 Å². The molecule has 0 unspecified atom stereocenters. The van der Waals surface area contributed by atoms with Crippen molar-refractivity contribution in [3.63, 3.8) is 0 Å². The number of benzene rings is 1. The number of carbonyl (C=O) groups excluding carboxylic acids is 1. The van der Waals surface area contributed by atoms with E-state index in [1.54, 1.807) is 20.8 Å². The molecule has 106 valence electrons. The van der Waals surface area contributed by atoms with Gasteiger partial charge in [0.15, 0.2) is 0 Å². The van der Waals surface area contributed by atoms with Crippen molar-refractivity contribution in [2.24, 2.45) is 0 Å². The molecule has 0 radical (unpaired) electrons. The summed E-state index contributed by atoms with van der Waals surface area (Å²) in [5.74, 6) is -1.30. The van der Waals surface area contributed by atoms with E-state index in [-0.39, 0.29) is 6.54 Å². The SMILES string of the molecule is CC(C)(C)OC(=O)NCCNc1cc(F)cc(F)c1. The van der Waals surface area contributed by atoms with E-state index < -0.39 is 23.3 Å². The van der Waals surface area contributed by atoms with Gasteiger partial charge in [-0.3, -0.25) is 0 Å². The minimum Gasteiger partial charge on any atom is -0.444 e. The standard InChI is InChI=1S/C13H18F2N2O2/c1-13(2,3)19-12(18)17-5-4-16-11-7-9(14)6-10(15)8-11/h6-8,16H,4-5H2,1-3H3,(H,17,18). The summed E-state index contributed by atoms with van der Waals surface area (Å²) in [7, 11) is 0. The molecule has 0 bridgehead atoms. The highest BCUT2D eigenvalue weighted by Gasteiger charge is 2.15. The first-order valence-electron chi connectivity index (χ1n) is 5.93. The maximum absolute atomic E-state index is 12.9. The van der Waals surface area contributed by atoms with Crippen molar-refractivity contribution in [1.82, 2.24) is 5.32 Å². The maximum Gasteiger partial charge on any atom is 0.407 e. The first kappa shape index (κ1) is 15.2. The lowest BCUT2D eigenvalue weighted by molar-refractivity contribution is 0.0530. The van der Waals surface area contributed by atoms with E-state index >= 15 is 0 Å². The van der Waals surface area contributed by atoms with Gasteiger partial charge in [-0.1, -0.05) is 0 Å². The van der Waals surface area contributed by atoms with Crippen LogP contribution in [-0.4, -0.2) is 24.8 Å². The number of alkyl carbamates (subject to hydrolysis) is 1. The highest BCUT2D eigenvalue weighted by atomic mass is 19.1. The molecule has 0 atom stereocenters. The summed E-state index contributed by atoms with van der Waals surface area (Å²) < 4.78 is 30.8. The van der Waals surface area contributed by atoms with Gasteiger partial charge in [0, 0.05) is 24.8 Å². The molecule has 2 N–H and O–H groups in total. The van der Waals surface area contributed by atoms with Crippen molar-refractivity contribution in [2.45, 2.75) is 26.4 Å². The van der Waals surface area contributed by atoms with Crippen LogP contribution in [0, 0.1) is 11.6 Å². The number of amides is 1. The average Bonchev–Trinajstić information content (AvgIpc) is 2.20. The van der Waals surface area contributed by atoms with Crippen molar-refractivity contribution >= 4 is 11.8 Å². The van der Waals surface area contributed by atoms with Gasteiger partial charge in [0.25, 0.3) is 0 Å². The molecule has 0 aliphatic heterocycles. The maximum atomic E-state index is 12.9. The van der Waals surface area contributed by atoms with Crippen LogP contribution in [0.5, 0.6) is 0 Å². The van der Waals surface area contributed by atoms with E-state index in [0.29, 0.717) is 12.2 Å². The van der Waals surface area contributed by atoms with Crippen LogP contribution in [0.25, 0.3) is 0 Å². The Morgan fingerprint density at radius 2 is 1.74 bits per heavy atom. The number of hydrogen-bond donors (Lipinski definition) is 2. The van der Waals surface area contributed by atoms with Crippen molar-refractivity contribution < 1.29 is 18.3 Å². The minimum atomic E-state index is -0.650. The fourth-order valence-electron chi connectivity index (χ4n) is 1.34. The van der Waals surface area contributed by atoms with Crippen LogP contribution < -0.4 is 10.6 Å². The molecular weight excluding hydrogens is 254 g/mol. The van der Waals surface area contributed by atoms with Crippen LogP contribution in [0.1, 0.15) is 20.8 Å². The number of rotatable bonds is 4. The molecule has 4 nitrogen and oxygen atoms in total. The van der Waals surface area contributed by atoms with Crippen LogP contribution in [-0.2, 0) is 4.74 Å². The van der Waals surface area contributed by atoms with Gasteiger partial charge in [0.2, 0.25) is 0 Å². The summed E-state index contributed by atoms with van der Waals surface area (Å²) in [5.41, 5.74) is -0.230. The Bertz CT molecular complexity index is 425. The Morgan fingerprint density at radius 3 is 2.26 bits per heavy atom. The lowest BCUT2D eigenvalue weighted by atomic mass is 10.2. The quantitative estimate of drug-likeness (QED) is 0.829. The second-order valence-electron chi connectivity index (χ2n) is 5.01. The molecule has 0 saturated carbocycles. The fourth-order valence-corrected chi connectivity index (χ4v) is 1.34. The van der Waals surface area contributed by atoms with E-state index in [2.05, 4.69) is 10.6 Å². The Labute approximate surface area is 111 Å². The molecule has 6 heteroatoms. The van der Waals surface area contributed by atoms with Crippen molar-refractivity contribution in [2.75, 3.05) is 18.4 Å². The van der Waals surface area contributed by atoms with Crippen LogP contribution in [0.2, 0.25) is 0 Å². The van der Waals surface area contributed by atoms with Crippen LogP contribution >= 0.6 is 0 Å². The van der Waals surface area contributed by atoms with E-state index in [9.17, 15) is 13.6 Å². The Morgan fingerprint density at radius 1 is 1.16 bits per heavy atom. The highest BCUT2D eigenvalue weighted by Crippen LogP contribution is 2.12. The van der Waals surface area contributed by atoms with Gasteiger partial charge in [0.1, 0.15) is 17.2 Å². The van der Waals surface area contributed by atoms with E-state index in [1.807, 2.05) is 0 Å². The van der Waals surface area contributed by atoms with Gasteiger partial charge in [-0.2, -0.15) is 0 Å². The molecule has 0 aromatic heterocycles. The monoisotopic (exact) mass is 272 g/mol. The zero-order chi connectivity index (χ0) is 14.5. The fraction of sp³-hybridized carbons (Fsp3) is 0.462. The first-order chi connectivity index (χ1) is 8.76. The lowest BCUT2D eigenvalue weighted by Crippen LogP contribution is -2.35. The number of anilines is 1. The van der Waals surface area contributed by atoms with Crippen LogP contribution in [0.3, 0.4) is 0 Å². The zero-order valence-corrected chi connectivity index (χ0v) is 11.2. The number of hydrogen-bond acceptors (Lipinski definition) is 3. The molecule has 0 heterocycles. The third-order valence-electron chi connectivity index (χ3n) is 1.98. The van der Waals surface area contributed by atoms with Gasteiger partial charge in [-0.15, -0.1) is 0 Å². The third-order valence-corrected chi connectivity index (χ3v) is 1.98. The van der Waals surface area contributed by atoms with Gasteiger partial charge in [-0.05, 0) is 32.9 Å². The summed E-state index contributed by atoms with van der Waals surface area (Å²) in [4.78, 5) is 11.3. The Balaban J connectivity index is 2.29. The van der Waals surface area contributed by atoms with E-state index in [0.717, 1.165) is 6.07 Å². The summed E-state index contributed by atoms with van der Waals surface area (Å²) >= 11 is 0. The molecule has 1 amide bonds. The number of nitrogens with one attached hydrogen (secondary N) is 2. The van der Waals surface area contributed by atoms with Gasteiger partial charge in [0.05, 0.1) is 0 Å². The average molecular weight is 272 g/mol. The highest BCUT2D eigenvalue weighted by molar-refractivity contribution is 5.67. The Kier molecular flexibility index (Phi) is 5.09. The van der Waals surface area contributed by atoms with Gasteiger partial charge < -0.3 is 15.4 Å². The molecule has 0 spiro atoms. The summed E-state index contributed by atoms with van der Waals surface area (Å²) in [6, 6.07) is 3.15. The normalized spacial score (nSPS) is 11.0. The summed E-state index contributed by atoms with van der Waals surface area (Å²) in [6.45, 7) is 5.91. The molecule has 19 heavy (non-hydrogen) atoms. The van der Waals surface area contributed by atoms with Gasteiger partial charge in [-0.25, -0.2) is 13.6 Å². The van der Waals surface area contributed by atoms with Crippen molar-refractivity contribution in [1.29, 1.82) is 0 Å². The number of carbonyl (C=O) groups is 1. The molecule has 0 saturated heterocycles. The molecule has 1 rings (SSSR count). The minimum absolute atomic E-state index is 0.285. The Hall–Kier alpha value is -1.85. The second-order valence-corrected chi connectivity index (χ2v) is 5.01. The third kappa shape index (κ3) is 6.59. The largest absolute Gasteiger partial charge is 0.444 e. The number of halogens is 2. The molecule has 1 aromatic rings. The van der Waals surface area contributed by atoms with Crippen LogP contribution in [0.4, 0.5) is 19.3 Å². The van der Waals surface area contributed by atoms with Crippen molar-refractivity contribution in [3.8, 4) is 0 Å². The summed E-state index contributed by atoms with van der Waals surface area (Å²) in [5, 5.41) is 5.32. The smallest absolute Gasteiger partial charge is 0.407 e. The lowest BCUT2D eigenvalue weighted by Gasteiger charge is -2.19. The van der Waals surface area contributed by atoms with E-state index in [4.69, 9.17) is 4.74 Å². The molecule has 1 aromatic carbocycles. The molecule has 0 fully saturated rings. The second kappa shape index (κ2) is 6.36.